The number of anilines is 1. The maximum Gasteiger partial charge on any atom is 0.341 e. The van der Waals surface area contributed by atoms with E-state index in [0.717, 1.165) is 6.07 Å². The first-order valence-corrected chi connectivity index (χ1v) is 6.89. The summed E-state index contributed by atoms with van der Waals surface area (Å²) in [5.41, 5.74) is 0.251. The lowest BCUT2D eigenvalue weighted by Gasteiger charge is -2.08. The van der Waals surface area contributed by atoms with Crippen LogP contribution >= 0.6 is 23.2 Å². The molecule has 7 heteroatoms. The van der Waals surface area contributed by atoms with Gasteiger partial charge in [-0.25, -0.2) is 9.18 Å². The van der Waals surface area contributed by atoms with Crippen LogP contribution < -0.4 is 5.32 Å². The lowest BCUT2D eigenvalue weighted by atomic mass is 10.2. The van der Waals surface area contributed by atoms with Crippen molar-refractivity contribution in [3.8, 4) is 0 Å². The number of benzene rings is 2. The SMILES string of the molecule is O=C(COC(=O)c1c(Cl)cccc1Cl)Nc1cccc(F)c1. The van der Waals surface area contributed by atoms with Crippen LogP contribution in [0.4, 0.5) is 10.1 Å². The highest BCUT2D eigenvalue weighted by atomic mass is 35.5. The molecule has 2 aromatic rings. The molecular formula is C15H10Cl2FNO3. The second-order valence-electron chi connectivity index (χ2n) is 4.23. The summed E-state index contributed by atoms with van der Waals surface area (Å²) in [5, 5.41) is 2.65. The molecule has 0 aliphatic heterocycles. The van der Waals surface area contributed by atoms with Crippen molar-refractivity contribution in [3.63, 3.8) is 0 Å². The maximum atomic E-state index is 13.0. The molecule has 0 spiro atoms. The van der Waals surface area contributed by atoms with E-state index in [1.807, 2.05) is 0 Å². The Kier molecular flexibility index (Phi) is 5.35. The molecule has 0 radical (unpaired) electrons. The highest BCUT2D eigenvalue weighted by molar-refractivity contribution is 6.39. The van der Waals surface area contributed by atoms with Gasteiger partial charge >= 0.3 is 5.97 Å². The summed E-state index contributed by atoms with van der Waals surface area (Å²) in [7, 11) is 0. The summed E-state index contributed by atoms with van der Waals surface area (Å²) >= 11 is 11.7. The minimum absolute atomic E-state index is 0.00983. The molecule has 114 valence electrons. The van der Waals surface area contributed by atoms with Gasteiger partial charge in [-0.2, -0.15) is 0 Å². The Bertz CT molecular complexity index is 701. The van der Waals surface area contributed by atoms with Gasteiger partial charge in [-0.3, -0.25) is 4.79 Å². The van der Waals surface area contributed by atoms with E-state index < -0.39 is 24.3 Å². The summed E-state index contributed by atoms with van der Waals surface area (Å²) in [6.45, 7) is -0.545. The van der Waals surface area contributed by atoms with Crippen LogP contribution in [0.15, 0.2) is 42.5 Å². The molecule has 0 fully saturated rings. The Morgan fingerprint density at radius 1 is 1.09 bits per heavy atom. The van der Waals surface area contributed by atoms with Crippen LogP contribution in [-0.2, 0) is 9.53 Å². The van der Waals surface area contributed by atoms with Gasteiger partial charge in [0.05, 0.1) is 15.6 Å². The summed E-state index contributed by atoms with van der Waals surface area (Å²) in [4.78, 5) is 23.5. The molecule has 0 aliphatic carbocycles. The van der Waals surface area contributed by atoms with E-state index in [1.54, 1.807) is 6.07 Å². The molecule has 4 nitrogen and oxygen atoms in total. The maximum absolute atomic E-state index is 13.0. The monoisotopic (exact) mass is 341 g/mol. The predicted molar refractivity (Wildman–Crippen MR) is 81.8 cm³/mol. The van der Waals surface area contributed by atoms with Gasteiger partial charge in [0.25, 0.3) is 5.91 Å². The third-order valence-corrected chi connectivity index (χ3v) is 3.24. The molecule has 0 atom stereocenters. The number of hydrogen-bond donors (Lipinski definition) is 1. The van der Waals surface area contributed by atoms with Gasteiger partial charge in [0.1, 0.15) is 5.82 Å². The van der Waals surface area contributed by atoms with E-state index in [1.165, 1.54) is 30.3 Å². The van der Waals surface area contributed by atoms with Crippen molar-refractivity contribution >= 4 is 40.8 Å². The zero-order valence-corrected chi connectivity index (χ0v) is 12.6. The molecule has 2 aromatic carbocycles. The third kappa shape index (κ3) is 4.19. The quantitative estimate of drug-likeness (QED) is 0.857. The number of esters is 1. The van der Waals surface area contributed by atoms with Crippen molar-refractivity contribution in [2.45, 2.75) is 0 Å². The first kappa shape index (κ1) is 16.3. The average molecular weight is 342 g/mol. The van der Waals surface area contributed by atoms with Gasteiger partial charge in [-0.15, -0.1) is 0 Å². The lowest BCUT2D eigenvalue weighted by Crippen LogP contribution is -2.21. The van der Waals surface area contributed by atoms with Gasteiger partial charge in [0.2, 0.25) is 0 Å². The van der Waals surface area contributed by atoms with E-state index in [4.69, 9.17) is 27.9 Å². The van der Waals surface area contributed by atoms with Crippen molar-refractivity contribution in [2.24, 2.45) is 0 Å². The molecule has 1 amide bonds. The van der Waals surface area contributed by atoms with E-state index >= 15 is 0 Å². The molecular weight excluding hydrogens is 332 g/mol. The number of hydrogen-bond acceptors (Lipinski definition) is 3. The van der Waals surface area contributed by atoms with Gasteiger partial charge in [-0.05, 0) is 30.3 Å². The predicted octanol–water partition coefficient (Wildman–Crippen LogP) is 3.93. The Balaban J connectivity index is 1.95. The van der Waals surface area contributed by atoms with Crippen molar-refractivity contribution in [1.82, 2.24) is 0 Å². The molecule has 2 rings (SSSR count). The van der Waals surface area contributed by atoms with Crippen LogP contribution in [0.5, 0.6) is 0 Å². The average Bonchev–Trinajstić information content (AvgIpc) is 2.45. The van der Waals surface area contributed by atoms with Crippen molar-refractivity contribution in [3.05, 3.63) is 63.9 Å². The Morgan fingerprint density at radius 2 is 1.73 bits per heavy atom. The number of carbonyl (C=O) groups excluding carboxylic acids is 2. The van der Waals surface area contributed by atoms with E-state index in [9.17, 15) is 14.0 Å². The fourth-order valence-corrected chi connectivity index (χ4v) is 2.21. The lowest BCUT2D eigenvalue weighted by molar-refractivity contribution is -0.119. The minimum Gasteiger partial charge on any atom is -0.452 e. The molecule has 0 saturated heterocycles. The smallest absolute Gasteiger partial charge is 0.341 e. The Hall–Kier alpha value is -2.11. The van der Waals surface area contributed by atoms with Crippen LogP contribution in [0.3, 0.4) is 0 Å². The van der Waals surface area contributed by atoms with Crippen molar-refractivity contribution < 1.29 is 18.7 Å². The summed E-state index contributed by atoms with van der Waals surface area (Å²) < 4.78 is 17.8. The summed E-state index contributed by atoms with van der Waals surface area (Å²) in [5.74, 6) is -1.91. The van der Waals surface area contributed by atoms with Crippen molar-refractivity contribution in [2.75, 3.05) is 11.9 Å². The van der Waals surface area contributed by atoms with Crippen LogP contribution in [-0.4, -0.2) is 18.5 Å². The molecule has 1 N–H and O–H groups in total. The Morgan fingerprint density at radius 3 is 2.36 bits per heavy atom. The number of ether oxygens (including phenoxy) is 1. The summed E-state index contributed by atoms with van der Waals surface area (Å²) in [6, 6.07) is 9.89. The number of carbonyl (C=O) groups is 2. The molecule has 0 bridgehead atoms. The normalized spacial score (nSPS) is 10.1. The molecule has 0 saturated carbocycles. The van der Waals surface area contributed by atoms with Gasteiger partial charge in [0, 0.05) is 5.69 Å². The fraction of sp³-hybridized carbons (Fsp3) is 0.0667. The molecule has 22 heavy (non-hydrogen) atoms. The number of amides is 1. The van der Waals surface area contributed by atoms with Gasteiger partial charge in [-0.1, -0.05) is 35.3 Å². The minimum atomic E-state index is -0.815. The van der Waals surface area contributed by atoms with E-state index in [-0.39, 0.29) is 21.3 Å². The molecule has 0 unspecified atom stereocenters. The van der Waals surface area contributed by atoms with Gasteiger partial charge in [0.15, 0.2) is 6.61 Å². The van der Waals surface area contributed by atoms with Crippen LogP contribution in [0, 0.1) is 5.82 Å². The first-order chi connectivity index (χ1) is 10.5. The summed E-state index contributed by atoms with van der Waals surface area (Å²) in [6.07, 6.45) is 0. The number of halogens is 3. The second-order valence-corrected chi connectivity index (χ2v) is 5.05. The molecule has 0 aliphatic rings. The highest BCUT2D eigenvalue weighted by Crippen LogP contribution is 2.24. The van der Waals surface area contributed by atoms with Crippen molar-refractivity contribution in [1.29, 1.82) is 0 Å². The number of rotatable bonds is 4. The van der Waals surface area contributed by atoms with E-state index in [2.05, 4.69) is 5.32 Å². The van der Waals surface area contributed by atoms with Crippen LogP contribution in [0.1, 0.15) is 10.4 Å². The third-order valence-electron chi connectivity index (χ3n) is 2.61. The largest absolute Gasteiger partial charge is 0.452 e. The van der Waals surface area contributed by atoms with E-state index in [0.29, 0.717) is 0 Å². The first-order valence-electron chi connectivity index (χ1n) is 6.14. The Labute approximate surface area is 135 Å². The second kappa shape index (κ2) is 7.24. The zero-order chi connectivity index (χ0) is 16.1. The zero-order valence-electron chi connectivity index (χ0n) is 11.1. The standard InChI is InChI=1S/C15H10Cl2FNO3/c16-11-5-2-6-12(17)14(11)15(21)22-8-13(20)19-10-4-1-3-9(18)7-10/h1-7H,8H2,(H,19,20). The highest BCUT2D eigenvalue weighted by Gasteiger charge is 2.17. The van der Waals surface area contributed by atoms with Gasteiger partial charge < -0.3 is 10.1 Å². The molecule has 0 aromatic heterocycles. The number of nitrogens with one attached hydrogen (secondary N) is 1. The van der Waals surface area contributed by atoms with Crippen LogP contribution in [0.25, 0.3) is 0 Å². The fourth-order valence-electron chi connectivity index (χ4n) is 1.66. The topological polar surface area (TPSA) is 55.4 Å². The molecule has 0 heterocycles. The van der Waals surface area contributed by atoms with Crippen LogP contribution in [0.2, 0.25) is 10.0 Å².